The number of aliphatic carboxylic acids is 1. The van der Waals surface area contributed by atoms with Crippen molar-refractivity contribution in [2.45, 2.75) is 6.42 Å². The monoisotopic (exact) mass is 116 g/mol. The Hall–Kier alpha value is -0.570. The van der Waals surface area contributed by atoms with Gasteiger partial charge >= 0.3 is 5.97 Å². The number of aliphatic hydroxyl groups excluding tert-OH is 1. The molecule has 0 saturated heterocycles. The Morgan fingerprint density at radius 2 is 2.38 bits per heavy atom. The molecule has 0 bridgehead atoms. The molecule has 1 rings (SSSR count). The van der Waals surface area contributed by atoms with Crippen molar-refractivity contribution in [3.8, 4) is 0 Å². The molecule has 1 aliphatic carbocycles. The zero-order chi connectivity index (χ0) is 6.15. The molecule has 46 valence electrons. The quantitative estimate of drug-likeness (QED) is 0.520. The number of carboxylic acid groups (broad SMARTS) is 1. The molecule has 0 aromatic rings. The maximum Gasteiger partial charge on any atom is 0.306 e. The van der Waals surface area contributed by atoms with Crippen molar-refractivity contribution in [2.24, 2.45) is 11.8 Å². The van der Waals surface area contributed by atoms with Crippen molar-refractivity contribution < 1.29 is 15.0 Å². The lowest BCUT2D eigenvalue weighted by Crippen LogP contribution is -2.00. The summed E-state index contributed by atoms with van der Waals surface area (Å²) in [5.41, 5.74) is 0. The summed E-state index contributed by atoms with van der Waals surface area (Å²) < 4.78 is 0. The predicted octanol–water partition coefficient (Wildman–Crippen LogP) is -0.301. The zero-order valence-electron chi connectivity index (χ0n) is 4.37. The van der Waals surface area contributed by atoms with Crippen molar-refractivity contribution in [2.75, 3.05) is 6.61 Å². The Kier molecular flexibility index (Phi) is 1.21. The highest BCUT2D eigenvalue weighted by Crippen LogP contribution is 2.37. The lowest BCUT2D eigenvalue weighted by Gasteiger charge is -1.84. The highest BCUT2D eigenvalue weighted by Gasteiger charge is 2.42. The van der Waals surface area contributed by atoms with E-state index in [2.05, 4.69) is 0 Å². The van der Waals surface area contributed by atoms with Gasteiger partial charge in [0.1, 0.15) is 0 Å². The van der Waals surface area contributed by atoms with Gasteiger partial charge in [-0.25, -0.2) is 0 Å². The molecule has 8 heavy (non-hydrogen) atoms. The first kappa shape index (κ1) is 5.56. The minimum Gasteiger partial charge on any atom is -0.481 e. The lowest BCUT2D eigenvalue weighted by molar-refractivity contribution is -0.139. The van der Waals surface area contributed by atoms with Gasteiger partial charge in [0.15, 0.2) is 0 Å². The number of aliphatic hydroxyl groups is 1. The van der Waals surface area contributed by atoms with Crippen LogP contribution in [0.5, 0.6) is 0 Å². The fourth-order valence-corrected chi connectivity index (χ4v) is 0.752. The maximum atomic E-state index is 10.0. The van der Waals surface area contributed by atoms with Crippen molar-refractivity contribution in [3.05, 3.63) is 0 Å². The molecular weight excluding hydrogens is 108 g/mol. The molecule has 2 atom stereocenters. The van der Waals surface area contributed by atoms with Gasteiger partial charge in [0.05, 0.1) is 5.92 Å². The molecule has 3 nitrogen and oxygen atoms in total. The summed E-state index contributed by atoms with van der Waals surface area (Å²) in [6.07, 6.45) is 0.659. The first-order valence-corrected chi connectivity index (χ1v) is 2.59. The summed E-state index contributed by atoms with van der Waals surface area (Å²) in [6, 6.07) is 0. The van der Waals surface area contributed by atoms with E-state index in [-0.39, 0.29) is 18.4 Å². The minimum atomic E-state index is -0.774. The molecule has 2 unspecified atom stereocenters. The van der Waals surface area contributed by atoms with Crippen LogP contribution in [-0.4, -0.2) is 22.8 Å². The summed E-state index contributed by atoms with van der Waals surface area (Å²) in [6.45, 7) is 0.0248. The van der Waals surface area contributed by atoms with Gasteiger partial charge in [0.25, 0.3) is 0 Å². The molecule has 3 heteroatoms. The standard InChI is InChI=1S/C5H8O3/c6-2-3-1-4(3)5(7)8/h3-4,6H,1-2H2,(H,7,8). The highest BCUT2D eigenvalue weighted by atomic mass is 16.4. The van der Waals surface area contributed by atoms with Crippen molar-refractivity contribution >= 4 is 5.97 Å². The van der Waals surface area contributed by atoms with Crippen LogP contribution < -0.4 is 0 Å². The van der Waals surface area contributed by atoms with Crippen LogP contribution in [0.15, 0.2) is 0 Å². The first-order valence-electron chi connectivity index (χ1n) is 2.59. The molecule has 2 N–H and O–H groups in total. The van der Waals surface area contributed by atoms with Crippen LogP contribution in [0.25, 0.3) is 0 Å². The third-order valence-corrected chi connectivity index (χ3v) is 1.47. The fraction of sp³-hybridized carbons (Fsp3) is 0.800. The highest BCUT2D eigenvalue weighted by molar-refractivity contribution is 5.73. The van der Waals surface area contributed by atoms with E-state index in [1.165, 1.54) is 0 Å². The predicted molar refractivity (Wildman–Crippen MR) is 26.3 cm³/mol. The van der Waals surface area contributed by atoms with Crippen LogP contribution in [0.2, 0.25) is 0 Å². The van der Waals surface area contributed by atoms with Crippen molar-refractivity contribution in [1.82, 2.24) is 0 Å². The van der Waals surface area contributed by atoms with Gasteiger partial charge < -0.3 is 10.2 Å². The smallest absolute Gasteiger partial charge is 0.306 e. The minimum absolute atomic E-state index is 0.0248. The SMILES string of the molecule is O=C(O)C1CC1CO. The van der Waals surface area contributed by atoms with Gasteiger partial charge in [0.2, 0.25) is 0 Å². The van der Waals surface area contributed by atoms with E-state index in [1.54, 1.807) is 0 Å². The van der Waals surface area contributed by atoms with Crippen molar-refractivity contribution in [3.63, 3.8) is 0 Å². The Bertz CT molecular complexity index is 110. The number of carbonyl (C=O) groups is 1. The Morgan fingerprint density at radius 3 is 2.50 bits per heavy atom. The van der Waals surface area contributed by atoms with Crippen LogP contribution in [0, 0.1) is 11.8 Å². The molecular formula is C5H8O3. The summed E-state index contributed by atoms with van der Waals surface area (Å²) in [5, 5.41) is 16.6. The Labute approximate surface area is 46.9 Å². The maximum absolute atomic E-state index is 10.0. The van der Waals surface area contributed by atoms with E-state index in [4.69, 9.17) is 10.2 Å². The van der Waals surface area contributed by atoms with Gasteiger partial charge in [0, 0.05) is 6.61 Å². The molecule has 1 aliphatic rings. The molecule has 0 aromatic heterocycles. The normalized spacial score (nSPS) is 34.6. The van der Waals surface area contributed by atoms with Crippen LogP contribution in [0.1, 0.15) is 6.42 Å². The van der Waals surface area contributed by atoms with E-state index in [9.17, 15) is 4.79 Å². The second kappa shape index (κ2) is 1.74. The van der Waals surface area contributed by atoms with E-state index in [0.29, 0.717) is 6.42 Å². The number of carboxylic acids is 1. The van der Waals surface area contributed by atoms with Crippen LogP contribution in [0.4, 0.5) is 0 Å². The van der Waals surface area contributed by atoms with E-state index in [0.717, 1.165) is 0 Å². The van der Waals surface area contributed by atoms with Gasteiger partial charge in [-0.05, 0) is 12.3 Å². The van der Waals surface area contributed by atoms with Gasteiger partial charge in [-0.1, -0.05) is 0 Å². The molecule has 1 fully saturated rings. The molecule has 0 aliphatic heterocycles. The molecule has 0 radical (unpaired) electrons. The second-order valence-corrected chi connectivity index (χ2v) is 2.12. The van der Waals surface area contributed by atoms with Gasteiger partial charge in [-0.15, -0.1) is 0 Å². The number of hydrogen-bond donors (Lipinski definition) is 2. The molecule has 1 saturated carbocycles. The van der Waals surface area contributed by atoms with Gasteiger partial charge in [-0.3, -0.25) is 4.79 Å². The van der Waals surface area contributed by atoms with E-state index < -0.39 is 5.97 Å². The van der Waals surface area contributed by atoms with Gasteiger partial charge in [-0.2, -0.15) is 0 Å². The van der Waals surface area contributed by atoms with E-state index >= 15 is 0 Å². The summed E-state index contributed by atoms with van der Waals surface area (Å²) in [4.78, 5) is 10.0. The fourth-order valence-electron chi connectivity index (χ4n) is 0.752. The van der Waals surface area contributed by atoms with Crippen LogP contribution in [-0.2, 0) is 4.79 Å². The third kappa shape index (κ3) is 0.816. The topological polar surface area (TPSA) is 57.5 Å². The molecule has 0 amide bonds. The number of rotatable bonds is 2. The number of hydrogen-bond acceptors (Lipinski definition) is 2. The average molecular weight is 116 g/mol. The zero-order valence-corrected chi connectivity index (χ0v) is 4.37. The second-order valence-electron chi connectivity index (χ2n) is 2.12. The average Bonchev–Trinajstić information content (AvgIpc) is 2.42. The van der Waals surface area contributed by atoms with Crippen LogP contribution in [0.3, 0.4) is 0 Å². The Balaban J connectivity index is 2.26. The lowest BCUT2D eigenvalue weighted by atomic mass is 10.3. The van der Waals surface area contributed by atoms with E-state index in [1.807, 2.05) is 0 Å². The molecule has 0 heterocycles. The Morgan fingerprint density at radius 1 is 1.75 bits per heavy atom. The van der Waals surface area contributed by atoms with Crippen molar-refractivity contribution in [1.29, 1.82) is 0 Å². The third-order valence-electron chi connectivity index (χ3n) is 1.47. The van der Waals surface area contributed by atoms with Crippen LogP contribution >= 0.6 is 0 Å². The molecule has 0 spiro atoms. The first-order chi connectivity index (χ1) is 3.75. The summed E-state index contributed by atoms with van der Waals surface area (Å²) in [5.74, 6) is -0.975. The molecule has 0 aromatic carbocycles. The summed E-state index contributed by atoms with van der Waals surface area (Å²) in [7, 11) is 0. The summed E-state index contributed by atoms with van der Waals surface area (Å²) >= 11 is 0. The largest absolute Gasteiger partial charge is 0.481 e.